The molecule has 5 heteroatoms. The number of aromatic nitrogens is 2. The fourth-order valence-corrected chi connectivity index (χ4v) is 1.39. The number of nitrogen functional groups attached to an aromatic ring is 1. The lowest BCUT2D eigenvalue weighted by Gasteiger charge is -2.07. The van der Waals surface area contributed by atoms with E-state index in [-0.39, 0.29) is 12.4 Å². The van der Waals surface area contributed by atoms with Gasteiger partial charge in [-0.2, -0.15) is 0 Å². The third-order valence-corrected chi connectivity index (χ3v) is 2.36. The molecule has 0 atom stereocenters. The molecule has 2 aromatic rings. The van der Waals surface area contributed by atoms with Gasteiger partial charge in [0.05, 0.1) is 0 Å². The van der Waals surface area contributed by atoms with Crippen molar-refractivity contribution in [3.8, 4) is 0 Å². The molecular formula is C12H15ClN4. The van der Waals surface area contributed by atoms with Gasteiger partial charge in [-0.05, 0) is 31.5 Å². The van der Waals surface area contributed by atoms with Crippen LogP contribution in [0.1, 0.15) is 11.3 Å². The van der Waals surface area contributed by atoms with Crippen molar-refractivity contribution in [1.82, 2.24) is 9.97 Å². The second-order valence-corrected chi connectivity index (χ2v) is 3.74. The smallest absolute Gasteiger partial charge is 0.133 e. The van der Waals surface area contributed by atoms with Crippen molar-refractivity contribution in [3.63, 3.8) is 0 Å². The predicted molar refractivity (Wildman–Crippen MR) is 72.9 cm³/mol. The Morgan fingerprint density at radius 1 is 1.12 bits per heavy atom. The molecule has 0 bridgehead atoms. The molecule has 0 aliphatic heterocycles. The maximum absolute atomic E-state index is 5.83. The number of nitrogens with zero attached hydrogens (tertiary/aromatic N) is 2. The lowest BCUT2D eigenvalue weighted by Crippen LogP contribution is -1.97. The highest BCUT2D eigenvalue weighted by Gasteiger charge is 1.99. The molecule has 0 radical (unpaired) electrons. The van der Waals surface area contributed by atoms with Crippen LogP contribution in [0.15, 0.2) is 30.6 Å². The zero-order valence-corrected chi connectivity index (χ0v) is 10.6. The van der Waals surface area contributed by atoms with Gasteiger partial charge in [0.2, 0.25) is 0 Å². The number of hydrogen-bond donors (Lipinski definition) is 2. The van der Waals surface area contributed by atoms with Crippen LogP contribution in [0.2, 0.25) is 0 Å². The zero-order chi connectivity index (χ0) is 11.5. The molecule has 0 amide bonds. The van der Waals surface area contributed by atoms with Gasteiger partial charge in [-0.3, -0.25) is 0 Å². The third kappa shape index (κ3) is 3.32. The first-order valence-electron chi connectivity index (χ1n) is 5.07. The van der Waals surface area contributed by atoms with Crippen molar-refractivity contribution < 1.29 is 0 Å². The number of halogens is 1. The van der Waals surface area contributed by atoms with Gasteiger partial charge in [0.25, 0.3) is 0 Å². The topological polar surface area (TPSA) is 63.8 Å². The largest absolute Gasteiger partial charge is 0.398 e. The van der Waals surface area contributed by atoms with E-state index in [1.165, 1.54) is 6.33 Å². The third-order valence-electron chi connectivity index (χ3n) is 2.36. The Balaban J connectivity index is 0.00000144. The Hall–Kier alpha value is -1.81. The fraction of sp³-hybridized carbons (Fsp3) is 0.167. The Morgan fingerprint density at radius 3 is 2.53 bits per heavy atom. The quantitative estimate of drug-likeness (QED) is 0.805. The number of nitrogens with one attached hydrogen (secondary N) is 1. The van der Waals surface area contributed by atoms with Crippen LogP contribution in [0.25, 0.3) is 0 Å². The van der Waals surface area contributed by atoms with Crippen LogP contribution in [0.3, 0.4) is 0 Å². The molecule has 2 rings (SSSR count). The molecule has 90 valence electrons. The fourth-order valence-electron chi connectivity index (χ4n) is 1.39. The molecule has 17 heavy (non-hydrogen) atoms. The highest BCUT2D eigenvalue weighted by molar-refractivity contribution is 5.85. The first-order valence-corrected chi connectivity index (χ1v) is 5.07. The summed E-state index contributed by atoms with van der Waals surface area (Å²) in [5.74, 6) is 0.774. The predicted octanol–water partition coefficient (Wildman–Crippen LogP) is 2.84. The first-order chi connectivity index (χ1) is 7.65. The Bertz CT molecular complexity index is 514. The summed E-state index contributed by atoms with van der Waals surface area (Å²) < 4.78 is 0. The van der Waals surface area contributed by atoms with Crippen LogP contribution in [0.4, 0.5) is 17.2 Å². The molecular weight excluding hydrogens is 236 g/mol. The molecule has 1 heterocycles. The normalized spacial score (nSPS) is 9.53. The average molecular weight is 251 g/mol. The van der Waals surface area contributed by atoms with Gasteiger partial charge >= 0.3 is 0 Å². The van der Waals surface area contributed by atoms with Crippen LogP contribution in [0.5, 0.6) is 0 Å². The molecule has 4 nitrogen and oxygen atoms in total. The minimum Gasteiger partial charge on any atom is -0.398 e. The summed E-state index contributed by atoms with van der Waals surface area (Å²) in [7, 11) is 0. The molecule has 1 aromatic carbocycles. The van der Waals surface area contributed by atoms with Gasteiger partial charge in [0.1, 0.15) is 12.1 Å². The summed E-state index contributed by atoms with van der Waals surface area (Å²) >= 11 is 0. The molecule has 3 N–H and O–H groups in total. The van der Waals surface area contributed by atoms with Crippen LogP contribution in [-0.2, 0) is 0 Å². The van der Waals surface area contributed by atoms with E-state index in [2.05, 4.69) is 15.3 Å². The number of anilines is 3. The molecule has 0 saturated heterocycles. The van der Waals surface area contributed by atoms with Crippen molar-refractivity contribution in [3.05, 3.63) is 41.9 Å². The van der Waals surface area contributed by atoms with Gasteiger partial charge in [-0.15, -0.1) is 12.4 Å². The van der Waals surface area contributed by atoms with E-state index in [1.54, 1.807) is 0 Å². The van der Waals surface area contributed by atoms with Gasteiger partial charge in [0.15, 0.2) is 0 Å². The van der Waals surface area contributed by atoms with Crippen molar-refractivity contribution in [2.75, 3.05) is 11.1 Å². The summed E-state index contributed by atoms with van der Waals surface area (Å²) in [5, 5.41) is 3.18. The van der Waals surface area contributed by atoms with E-state index in [0.717, 1.165) is 28.5 Å². The van der Waals surface area contributed by atoms with Crippen molar-refractivity contribution >= 4 is 29.6 Å². The van der Waals surface area contributed by atoms with E-state index in [1.807, 2.05) is 38.1 Å². The number of benzene rings is 1. The van der Waals surface area contributed by atoms with E-state index in [0.29, 0.717) is 0 Å². The molecule has 1 aromatic heterocycles. The van der Waals surface area contributed by atoms with E-state index >= 15 is 0 Å². The lowest BCUT2D eigenvalue weighted by molar-refractivity contribution is 1.10. The van der Waals surface area contributed by atoms with Crippen LogP contribution in [0, 0.1) is 13.8 Å². The molecule has 0 aliphatic rings. The van der Waals surface area contributed by atoms with Gasteiger partial charge in [-0.25, -0.2) is 9.97 Å². The Labute approximate surface area is 107 Å². The molecule has 0 spiro atoms. The standard InChI is InChI=1S/C12H14N4.ClH/c1-8-3-4-10(6-11(8)13)16-12-5-9(2)14-7-15-12;/h3-7H,13H2,1-2H3,(H,14,15,16);1H. The highest BCUT2D eigenvalue weighted by Crippen LogP contribution is 2.20. The number of hydrogen-bond acceptors (Lipinski definition) is 4. The Kier molecular flexibility index (Phi) is 4.29. The van der Waals surface area contributed by atoms with E-state index in [4.69, 9.17) is 5.73 Å². The summed E-state index contributed by atoms with van der Waals surface area (Å²) in [6.07, 6.45) is 1.54. The highest BCUT2D eigenvalue weighted by atomic mass is 35.5. The lowest BCUT2D eigenvalue weighted by atomic mass is 10.2. The van der Waals surface area contributed by atoms with Gasteiger partial charge in [-0.1, -0.05) is 6.07 Å². The minimum absolute atomic E-state index is 0. The molecule has 0 unspecified atom stereocenters. The number of rotatable bonds is 2. The second-order valence-electron chi connectivity index (χ2n) is 3.74. The average Bonchev–Trinajstić information content (AvgIpc) is 2.24. The molecule has 0 saturated carbocycles. The number of aryl methyl sites for hydroxylation is 2. The summed E-state index contributed by atoms with van der Waals surface area (Å²) in [4.78, 5) is 8.16. The van der Waals surface area contributed by atoms with Crippen molar-refractivity contribution in [2.45, 2.75) is 13.8 Å². The van der Waals surface area contributed by atoms with Crippen LogP contribution < -0.4 is 11.1 Å². The van der Waals surface area contributed by atoms with E-state index < -0.39 is 0 Å². The minimum atomic E-state index is 0. The van der Waals surface area contributed by atoms with Crippen LogP contribution >= 0.6 is 12.4 Å². The summed E-state index contributed by atoms with van der Waals surface area (Å²) in [5.41, 5.74) is 9.54. The van der Waals surface area contributed by atoms with Crippen molar-refractivity contribution in [2.24, 2.45) is 0 Å². The monoisotopic (exact) mass is 250 g/mol. The summed E-state index contributed by atoms with van der Waals surface area (Å²) in [6.45, 7) is 3.91. The van der Waals surface area contributed by atoms with Crippen molar-refractivity contribution in [1.29, 1.82) is 0 Å². The zero-order valence-electron chi connectivity index (χ0n) is 9.77. The SMILES string of the molecule is Cc1cc(Nc2ccc(C)c(N)c2)ncn1.Cl. The summed E-state index contributed by atoms with van der Waals surface area (Å²) in [6, 6.07) is 7.73. The van der Waals surface area contributed by atoms with Gasteiger partial charge < -0.3 is 11.1 Å². The molecule has 0 fully saturated rings. The maximum atomic E-state index is 5.83. The second kappa shape index (κ2) is 5.50. The number of nitrogens with two attached hydrogens (primary N) is 1. The van der Waals surface area contributed by atoms with E-state index in [9.17, 15) is 0 Å². The maximum Gasteiger partial charge on any atom is 0.133 e. The first kappa shape index (κ1) is 13.3. The molecule has 0 aliphatic carbocycles. The Morgan fingerprint density at radius 2 is 1.88 bits per heavy atom. The van der Waals surface area contributed by atoms with Gasteiger partial charge in [0, 0.05) is 23.1 Å². The van der Waals surface area contributed by atoms with Crippen LogP contribution in [-0.4, -0.2) is 9.97 Å².